The van der Waals surface area contributed by atoms with Crippen molar-refractivity contribution in [2.24, 2.45) is 0 Å². The van der Waals surface area contributed by atoms with Gasteiger partial charge in [-0.15, -0.1) is 0 Å². The minimum absolute atomic E-state index is 0.0337. The second-order valence-electron chi connectivity index (χ2n) is 8.03. The third-order valence-electron chi connectivity index (χ3n) is 5.74. The quantitative estimate of drug-likeness (QED) is 0.511. The Morgan fingerprint density at radius 1 is 1.06 bits per heavy atom. The van der Waals surface area contributed by atoms with Crippen LogP contribution in [0.2, 0.25) is 0 Å². The molecular formula is C24H22N4O3S. The van der Waals surface area contributed by atoms with E-state index in [2.05, 4.69) is 10.4 Å². The summed E-state index contributed by atoms with van der Waals surface area (Å²) < 4.78 is 25.9. The van der Waals surface area contributed by atoms with Gasteiger partial charge in [-0.1, -0.05) is 48.5 Å². The summed E-state index contributed by atoms with van der Waals surface area (Å²) in [6.07, 6.45) is 0.487. The number of pyridine rings is 1. The van der Waals surface area contributed by atoms with Gasteiger partial charge in [0.15, 0.2) is 15.5 Å². The zero-order valence-electron chi connectivity index (χ0n) is 17.5. The molecule has 0 bridgehead atoms. The highest BCUT2D eigenvalue weighted by Crippen LogP contribution is 2.32. The summed E-state index contributed by atoms with van der Waals surface area (Å²) in [6.45, 7) is 1.82. The first kappa shape index (κ1) is 20.4. The molecule has 1 saturated heterocycles. The van der Waals surface area contributed by atoms with Crippen LogP contribution >= 0.6 is 0 Å². The van der Waals surface area contributed by atoms with E-state index in [-0.39, 0.29) is 23.5 Å². The zero-order valence-corrected chi connectivity index (χ0v) is 18.3. The zero-order chi connectivity index (χ0) is 22.3. The summed E-state index contributed by atoms with van der Waals surface area (Å²) in [5.41, 5.74) is 3.84. The van der Waals surface area contributed by atoms with Crippen LogP contribution in [0, 0.1) is 6.92 Å². The third-order valence-corrected chi connectivity index (χ3v) is 7.49. The number of aromatic nitrogens is 3. The molecule has 7 nitrogen and oxygen atoms in total. The molecule has 1 aliphatic rings. The van der Waals surface area contributed by atoms with Crippen LogP contribution in [0.25, 0.3) is 22.3 Å². The van der Waals surface area contributed by atoms with E-state index < -0.39 is 9.84 Å². The minimum atomic E-state index is -3.10. The molecule has 1 N–H and O–H groups in total. The normalized spacial score (nSPS) is 17.5. The molecule has 1 aliphatic heterocycles. The van der Waals surface area contributed by atoms with E-state index in [4.69, 9.17) is 4.98 Å². The fourth-order valence-electron chi connectivity index (χ4n) is 4.19. The molecule has 1 fully saturated rings. The maximum absolute atomic E-state index is 13.3. The van der Waals surface area contributed by atoms with Gasteiger partial charge in [0.05, 0.1) is 39.9 Å². The van der Waals surface area contributed by atoms with Gasteiger partial charge in [-0.05, 0) is 31.5 Å². The Hall–Kier alpha value is -3.52. The number of nitrogens with zero attached hydrogens (tertiary/aromatic N) is 3. The van der Waals surface area contributed by atoms with Crippen LogP contribution in [0.5, 0.6) is 0 Å². The Morgan fingerprint density at radius 3 is 2.41 bits per heavy atom. The first-order valence-corrected chi connectivity index (χ1v) is 12.3. The Labute approximate surface area is 186 Å². The molecule has 0 unspecified atom stereocenters. The van der Waals surface area contributed by atoms with Crippen LogP contribution < -0.4 is 5.32 Å². The Morgan fingerprint density at radius 2 is 1.75 bits per heavy atom. The predicted octanol–water partition coefficient (Wildman–Crippen LogP) is 4.02. The van der Waals surface area contributed by atoms with E-state index in [1.807, 2.05) is 67.6 Å². The molecule has 0 radical (unpaired) electrons. The first-order chi connectivity index (χ1) is 15.4. The SMILES string of the molecule is Cc1nn([C@H]2CCS(=O)(=O)C2)c2nc(-c3ccccc3)cc(C(=O)Nc3ccccc3)c12. The number of hydrogen-bond donors (Lipinski definition) is 1. The molecule has 3 heterocycles. The van der Waals surface area contributed by atoms with Gasteiger partial charge < -0.3 is 5.32 Å². The van der Waals surface area contributed by atoms with Crippen molar-refractivity contribution < 1.29 is 13.2 Å². The van der Waals surface area contributed by atoms with Gasteiger partial charge in [-0.25, -0.2) is 18.1 Å². The molecule has 1 amide bonds. The Bertz CT molecular complexity index is 1410. The first-order valence-electron chi connectivity index (χ1n) is 10.4. The number of anilines is 1. The summed E-state index contributed by atoms with van der Waals surface area (Å²) in [5.74, 6) is -0.0912. The molecule has 2 aromatic carbocycles. The van der Waals surface area contributed by atoms with Crippen LogP contribution in [-0.2, 0) is 9.84 Å². The van der Waals surface area contributed by atoms with E-state index in [0.717, 1.165) is 5.56 Å². The van der Waals surface area contributed by atoms with Crippen LogP contribution in [0.3, 0.4) is 0 Å². The summed E-state index contributed by atoms with van der Waals surface area (Å²) in [7, 11) is -3.10. The van der Waals surface area contributed by atoms with E-state index in [1.165, 1.54) is 0 Å². The number of hydrogen-bond acceptors (Lipinski definition) is 5. The fraction of sp³-hybridized carbons (Fsp3) is 0.208. The van der Waals surface area contributed by atoms with Crippen molar-refractivity contribution in [1.29, 1.82) is 0 Å². The monoisotopic (exact) mass is 446 g/mol. The lowest BCUT2D eigenvalue weighted by atomic mass is 10.0. The average Bonchev–Trinajstić information content (AvgIpc) is 3.33. The van der Waals surface area contributed by atoms with Crippen molar-refractivity contribution in [3.63, 3.8) is 0 Å². The standard InChI is InChI=1S/C24H22N4O3S/c1-16-22-20(24(29)25-18-10-6-3-7-11-18)14-21(17-8-4-2-5-9-17)26-23(22)28(27-16)19-12-13-32(30,31)15-19/h2-11,14,19H,12-13,15H2,1H3,(H,25,29)/t19-/m0/s1. The number of carbonyl (C=O) groups excluding carboxylic acids is 1. The second-order valence-corrected chi connectivity index (χ2v) is 10.3. The van der Waals surface area contributed by atoms with E-state index in [9.17, 15) is 13.2 Å². The number of benzene rings is 2. The highest BCUT2D eigenvalue weighted by molar-refractivity contribution is 7.91. The number of aryl methyl sites for hydroxylation is 1. The lowest BCUT2D eigenvalue weighted by Crippen LogP contribution is -2.15. The summed E-state index contributed by atoms with van der Waals surface area (Å²) in [5, 5.41) is 8.22. The maximum atomic E-state index is 13.3. The number of fused-ring (bicyclic) bond motifs is 1. The molecular weight excluding hydrogens is 424 g/mol. The van der Waals surface area contributed by atoms with Crippen molar-refractivity contribution in [2.45, 2.75) is 19.4 Å². The molecule has 1 atom stereocenters. The highest BCUT2D eigenvalue weighted by Gasteiger charge is 2.32. The average molecular weight is 447 g/mol. The molecule has 0 saturated carbocycles. The van der Waals surface area contributed by atoms with Crippen LogP contribution in [0.15, 0.2) is 66.7 Å². The largest absolute Gasteiger partial charge is 0.322 e. The van der Waals surface area contributed by atoms with Gasteiger partial charge in [0.1, 0.15) is 0 Å². The molecule has 32 heavy (non-hydrogen) atoms. The molecule has 2 aromatic heterocycles. The molecule has 5 rings (SSSR count). The lowest BCUT2D eigenvalue weighted by molar-refractivity contribution is 0.102. The number of amides is 1. The lowest BCUT2D eigenvalue weighted by Gasteiger charge is -2.12. The van der Waals surface area contributed by atoms with Gasteiger partial charge in [-0.2, -0.15) is 5.10 Å². The van der Waals surface area contributed by atoms with Gasteiger partial charge >= 0.3 is 0 Å². The molecule has 0 aliphatic carbocycles. The summed E-state index contributed by atoms with van der Waals surface area (Å²) in [6, 6.07) is 20.4. The minimum Gasteiger partial charge on any atom is -0.322 e. The van der Waals surface area contributed by atoms with Crippen molar-refractivity contribution in [2.75, 3.05) is 16.8 Å². The number of nitrogens with one attached hydrogen (secondary N) is 1. The van der Waals surface area contributed by atoms with Crippen molar-refractivity contribution in [3.8, 4) is 11.3 Å². The van der Waals surface area contributed by atoms with Crippen molar-refractivity contribution in [1.82, 2.24) is 14.8 Å². The fourth-order valence-corrected chi connectivity index (χ4v) is 5.88. The molecule has 0 spiro atoms. The maximum Gasteiger partial charge on any atom is 0.256 e. The number of carbonyl (C=O) groups is 1. The van der Waals surface area contributed by atoms with Crippen LogP contribution in [-0.4, -0.2) is 40.6 Å². The topological polar surface area (TPSA) is 93.9 Å². The molecule has 8 heteroatoms. The number of rotatable bonds is 4. The Kier molecular flexibility index (Phi) is 5.01. The second kappa shape index (κ2) is 7.87. The third kappa shape index (κ3) is 3.78. The molecule has 162 valence electrons. The van der Waals surface area contributed by atoms with E-state index in [1.54, 1.807) is 10.7 Å². The van der Waals surface area contributed by atoms with E-state index >= 15 is 0 Å². The van der Waals surface area contributed by atoms with E-state index in [0.29, 0.717) is 40.1 Å². The Balaban J connectivity index is 1.69. The van der Waals surface area contributed by atoms with Gasteiger partial charge in [-0.3, -0.25) is 4.79 Å². The van der Waals surface area contributed by atoms with Crippen LogP contribution in [0.4, 0.5) is 5.69 Å². The number of para-hydroxylation sites is 1. The predicted molar refractivity (Wildman–Crippen MR) is 124 cm³/mol. The van der Waals surface area contributed by atoms with Gasteiger partial charge in [0.2, 0.25) is 0 Å². The van der Waals surface area contributed by atoms with Gasteiger partial charge in [0.25, 0.3) is 5.91 Å². The van der Waals surface area contributed by atoms with Crippen molar-refractivity contribution >= 4 is 32.5 Å². The van der Waals surface area contributed by atoms with Gasteiger partial charge in [0, 0.05) is 11.3 Å². The summed E-state index contributed by atoms with van der Waals surface area (Å²) in [4.78, 5) is 18.2. The van der Waals surface area contributed by atoms with Crippen molar-refractivity contribution in [3.05, 3.63) is 78.0 Å². The smallest absolute Gasteiger partial charge is 0.256 e. The summed E-state index contributed by atoms with van der Waals surface area (Å²) >= 11 is 0. The molecule has 4 aromatic rings. The van der Waals surface area contributed by atoms with Crippen LogP contribution in [0.1, 0.15) is 28.5 Å². The number of sulfone groups is 1. The highest BCUT2D eigenvalue weighted by atomic mass is 32.2.